The first-order valence-electron chi connectivity index (χ1n) is 15.1. The normalized spacial score (nSPS) is 24.2. The fourth-order valence-corrected chi connectivity index (χ4v) is 8.44. The number of methoxy groups -OCH3 is 2. The second-order valence-corrected chi connectivity index (χ2v) is 17.0. The molecule has 1 saturated heterocycles. The van der Waals surface area contributed by atoms with E-state index in [4.69, 9.17) is 42.1 Å². The minimum atomic E-state index is -1.59. The zero-order valence-electron chi connectivity index (χ0n) is 27.1. The Hall–Kier alpha value is -1.08. The summed E-state index contributed by atoms with van der Waals surface area (Å²) in [5.74, 6) is -1.04. The van der Waals surface area contributed by atoms with Crippen LogP contribution in [0.4, 0.5) is 0 Å². The average molecular weight is 763 g/mol. The average Bonchev–Trinajstić information content (AvgIpc) is 2.94. The summed E-state index contributed by atoms with van der Waals surface area (Å²) in [5, 5.41) is 0. The van der Waals surface area contributed by atoms with Gasteiger partial charge in [-0.15, -0.1) is 0 Å². The fourth-order valence-electron chi connectivity index (χ4n) is 7.12. The number of hydrogen-bond donors (Lipinski definition) is 0. The third kappa shape index (κ3) is 6.28. The van der Waals surface area contributed by atoms with Crippen LogP contribution in [0.1, 0.15) is 66.6 Å². The zero-order valence-corrected chi connectivity index (χ0v) is 30.8. The molecule has 11 heteroatoms. The Kier molecular flexibility index (Phi) is 10.7. The Morgan fingerprint density at radius 2 is 1.45 bits per heavy atom. The van der Waals surface area contributed by atoms with E-state index in [0.717, 1.165) is 16.8 Å². The maximum atomic E-state index is 14.1. The van der Waals surface area contributed by atoms with E-state index in [2.05, 4.69) is 79.0 Å². The van der Waals surface area contributed by atoms with Crippen molar-refractivity contribution in [1.82, 2.24) is 14.9 Å². The first-order valence-corrected chi connectivity index (χ1v) is 16.9. The van der Waals surface area contributed by atoms with Crippen molar-refractivity contribution in [3.63, 3.8) is 0 Å². The first-order chi connectivity index (χ1) is 20.5. The fraction of sp³-hybridized carbons (Fsp3) is 0.667. The van der Waals surface area contributed by atoms with Crippen LogP contribution in [0.3, 0.4) is 0 Å². The summed E-state index contributed by atoms with van der Waals surface area (Å²) in [6.45, 7) is 15.7. The molecule has 3 heterocycles. The van der Waals surface area contributed by atoms with Crippen molar-refractivity contribution in [2.45, 2.75) is 79.9 Å². The van der Waals surface area contributed by atoms with Crippen LogP contribution in [0.15, 0.2) is 53.5 Å². The van der Waals surface area contributed by atoms with Crippen molar-refractivity contribution in [2.24, 2.45) is 10.8 Å². The van der Waals surface area contributed by atoms with E-state index in [0.29, 0.717) is 58.1 Å². The first kappa shape index (κ1) is 35.8. The monoisotopic (exact) mass is 761 g/mol. The number of ether oxygens (including phenoxy) is 4. The van der Waals surface area contributed by atoms with Gasteiger partial charge in [0.05, 0.1) is 18.8 Å². The van der Waals surface area contributed by atoms with E-state index in [-0.39, 0.29) is 16.6 Å². The molecular weight excluding hydrogens is 716 g/mol. The Bertz CT molecular complexity index is 1280. The number of ketones is 1. The van der Waals surface area contributed by atoms with E-state index >= 15 is 0 Å². The predicted molar refractivity (Wildman–Crippen MR) is 182 cm³/mol. The molecule has 244 valence electrons. The molecule has 0 spiro atoms. The van der Waals surface area contributed by atoms with E-state index < -0.39 is 19.1 Å². The molecule has 0 N–H and O–H groups in total. The van der Waals surface area contributed by atoms with Gasteiger partial charge in [0.1, 0.15) is 0 Å². The number of piperidine rings is 1. The second kappa shape index (κ2) is 13.2. The lowest BCUT2D eigenvalue weighted by molar-refractivity contribution is -0.210. The van der Waals surface area contributed by atoms with Crippen molar-refractivity contribution < 1.29 is 23.7 Å². The molecule has 0 radical (unpaired) electrons. The number of halogens is 3. The zero-order chi connectivity index (χ0) is 32.6. The summed E-state index contributed by atoms with van der Waals surface area (Å²) in [6, 6.07) is 1.76. The Morgan fingerprint density at radius 3 is 1.95 bits per heavy atom. The van der Waals surface area contributed by atoms with Gasteiger partial charge in [-0.1, -0.05) is 87.3 Å². The molecule has 1 aromatic rings. The van der Waals surface area contributed by atoms with Gasteiger partial charge in [-0.25, -0.2) is 9.97 Å². The highest BCUT2D eigenvalue weighted by atomic mass is 127. The van der Waals surface area contributed by atoms with Gasteiger partial charge in [0.15, 0.2) is 19.4 Å². The van der Waals surface area contributed by atoms with Crippen molar-refractivity contribution >= 4 is 51.6 Å². The Labute approximate surface area is 286 Å². The summed E-state index contributed by atoms with van der Waals surface area (Å²) in [5.41, 5.74) is 1.64. The van der Waals surface area contributed by atoms with Gasteiger partial charge in [-0.2, -0.15) is 0 Å². The SMILES string of the molecule is COCCCOC1(OCCCOC)C=C2CC(C(C)(C)C)(C(C)(C)C)N3CC(I)(c4ncccn4)C(=O)C=C3C2=CC1(Cl)Cl. The predicted octanol–water partition coefficient (Wildman–Crippen LogP) is 6.95. The van der Waals surface area contributed by atoms with Crippen molar-refractivity contribution in [1.29, 1.82) is 0 Å². The van der Waals surface area contributed by atoms with Gasteiger partial charge in [0.25, 0.3) is 0 Å². The molecule has 0 bridgehead atoms. The van der Waals surface area contributed by atoms with Crippen molar-refractivity contribution in [2.75, 3.05) is 47.2 Å². The summed E-state index contributed by atoms with van der Waals surface area (Å²) >= 11 is 16.6. The number of alkyl halides is 3. The standard InChI is InChI=1S/C33H46Cl2IN3O5/c1-28(2,3)31(29(4,5)6)19-23-20-33(43-16-10-14-41-7,44-17-11-15-42-8)32(34,35)21-24(23)25-18-26(40)30(36,22-39(25)31)27-37-12-9-13-38-27/h9,12-13,18,20-21H,10-11,14-17,19,22H2,1-8H3. The molecule has 1 aromatic heterocycles. The van der Waals surface area contributed by atoms with Crippen LogP contribution < -0.4 is 0 Å². The minimum Gasteiger partial charge on any atom is -0.385 e. The van der Waals surface area contributed by atoms with E-state index in [1.165, 1.54) is 0 Å². The Balaban J connectivity index is 1.93. The Morgan fingerprint density at radius 1 is 0.909 bits per heavy atom. The second-order valence-electron chi connectivity index (χ2n) is 13.8. The van der Waals surface area contributed by atoms with E-state index in [1.54, 1.807) is 44.8 Å². The third-order valence-corrected chi connectivity index (χ3v) is 11.1. The summed E-state index contributed by atoms with van der Waals surface area (Å²) < 4.78 is 20.9. The quantitative estimate of drug-likeness (QED) is 0.104. The lowest BCUT2D eigenvalue weighted by atomic mass is 9.53. The van der Waals surface area contributed by atoms with Crippen molar-refractivity contribution in [3.05, 3.63) is 59.4 Å². The number of fused-ring (bicyclic) bond motifs is 3. The lowest BCUT2D eigenvalue weighted by Gasteiger charge is -2.66. The number of hydrogen-bond acceptors (Lipinski definition) is 8. The van der Waals surface area contributed by atoms with Gasteiger partial charge >= 0.3 is 0 Å². The molecule has 1 aliphatic carbocycles. The lowest BCUT2D eigenvalue weighted by Crippen LogP contribution is -2.69. The topological polar surface area (TPSA) is 83.0 Å². The number of carbonyl (C=O) groups is 1. The van der Waals surface area contributed by atoms with Crippen LogP contribution >= 0.6 is 45.8 Å². The van der Waals surface area contributed by atoms with Crippen molar-refractivity contribution in [3.8, 4) is 0 Å². The number of allylic oxidation sites excluding steroid dienone is 2. The van der Waals surface area contributed by atoms with Crippen LogP contribution in [0, 0.1) is 10.8 Å². The maximum absolute atomic E-state index is 14.1. The molecule has 1 atom stereocenters. The number of nitrogens with zero attached hydrogens (tertiary/aromatic N) is 3. The van der Waals surface area contributed by atoms with Crippen LogP contribution in [-0.2, 0) is 27.2 Å². The molecule has 0 saturated carbocycles. The highest BCUT2D eigenvalue weighted by Gasteiger charge is 2.64. The van der Waals surface area contributed by atoms with Gasteiger partial charge in [-0.3, -0.25) is 4.79 Å². The highest BCUT2D eigenvalue weighted by molar-refractivity contribution is 14.1. The van der Waals surface area contributed by atoms with E-state index in [9.17, 15) is 4.79 Å². The van der Waals surface area contributed by atoms with Gasteiger partial charge in [-0.05, 0) is 53.9 Å². The molecule has 44 heavy (non-hydrogen) atoms. The molecule has 3 aliphatic rings. The van der Waals surface area contributed by atoms with Crippen LogP contribution in [-0.4, -0.2) is 83.5 Å². The number of rotatable bonds is 11. The molecular formula is C33H46Cl2IN3O5. The van der Waals surface area contributed by atoms with Gasteiger partial charge < -0.3 is 23.8 Å². The summed E-state index contributed by atoms with van der Waals surface area (Å²) in [4.78, 5) is 25.5. The van der Waals surface area contributed by atoms with Crippen LogP contribution in [0.25, 0.3) is 0 Å². The molecule has 1 fully saturated rings. The molecule has 4 rings (SSSR count). The summed E-state index contributed by atoms with van der Waals surface area (Å²) in [6.07, 6.45) is 10.8. The maximum Gasteiger partial charge on any atom is 0.226 e. The minimum absolute atomic E-state index is 0.0763. The summed E-state index contributed by atoms with van der Waals surface area (Å²) in [7, 11) is 3.31. The van der Waals surface area contributed by atoms with E-state index in [1.807, 2.05) is 6.08 Å². The third-order valence-electron chi connectivity index (χ3n) is 9.03. The van der Waals surface area contributed by atoms with Gasteiger partial charge in [0.2, 0.25) is 5.79 Å². The van der Waals surface area contributed by atoms with Crippen LogP contribution in [0.2, 0.25) is 0 Å². The molecule has 0 aromatic carbocycles. The number of carbonyl (C=O) groups excluding carboxylic acids is 1. The molecule has 2 aliphatic heterocycles. The molecule has 8 nitrogen and oxygen atoms in total. The molecule has 1 unspecified atom stereocenters. The molecule has 0 amide bonds. The smallest absolute Gasteiger partial charge is 0.226 e. The number of aromatic nitrogens is 2. The van der Waals surface area contributed by atoms with Gasteiger partial charge in [0, 0.05) is 63.7 Å². The highest BCUT2D eigenvalue weighted by Crippen LogP contribution is 2.62. The largest absolute Gasteiger partial charge is 0.385 e. The van der Waals surface area contributed by atoms with Crippen LogP contribution in [0.5, 0.6) is 0 Å².